The van der Waals surface area contributed by atoms with Gasteiger partial charge in [0.05, 0.1) is 4.47 Å². The molecule has 0 aliphatic carbocycles. The maximum absolute atomic E-state index is 13.4. The van der Waals surface area contributed by atoms with Gasteiger partial charge in [0.2, 0.25) is 0 Å². The summed E-state index contributed by atoms with van der Waals surface area (Å²) in [6.07, 6.45) is 0. The van der Waals surface area contributed by atoms with Crippen LogP contribution >= 0.6 is 15.9 Å². The molecule has 0 saturated heterocycles. The van der Waals surface area contributed by atoms with Crippen molar-refractivity contribution in [2.24, 2.45) is 0 Å². The summed E-state index contributed by atoms with van der Waals surface area (Å²) in [7, 11) is 0. The fraction of sp³-hybridized carbons (Fsp3) is 0.200. The average molecular weight is 308 g/mol. The maximum Gasteiger partial charge on any atom is 0.139 e. The van der Waals surface area contributed by atoms with Crippen LogP contribution in [0.25, 0.3) is 0 Å². The Morgan fingerprint density at radius 3 is 2.67 bits per heavy atom. The normalized spacial score (nSPS) is 10.4. The van der Waals surface area contributed by atoms with Gasteiger partial charge < -0.3 is 5.32 Å². The van der Waals surface area contributed by atoms with E-state index in [1.165, 1.54) is 22.8 Å². The zero-order valence-corrected chi connectivity index (χ0v) is 12.0. The Hall–Kier alpha value is -1.35. The lowest BCUT2D eigenvalue weighted by atomic mass is 10.0. The molecular weight excluding hydrogens is 293 g/mol. The van der Waals surface area contributed by atoms with E-state index in [4.69, 9.17) is 0 Å². The minimum Gasteiger partial charge on any atom is -0.381 e. The van der Waals surface area contributed by atoms with Crippen molar-refractivity contribution in [3.8, 4) is 0 Å². The molecule has 0 radical (unpaired) electrons. The minimum atomic E-state index is -0.249. The first-order valence-corrected chi connectivity index (χ1v) is 6.61. The number of halogens is 2. The predicted molar refractivity (Wildman–Crippen MR) is 77.3 cm³/mol. The van der Waals surface area contributed by atoms with Crippen molar-refractivity contribution in [1.82, 2.24) is 0 Å². The van der Waals surface area contributed by atoms with Crippen LogP contribution in [0, 0.1) is 19.7 Å². The molecule has 0 spiro atoms. The van der Waals surface area contributed by atoms with Crippen molar-refractivity contribution < 1.29 is 4.39 Å². The average Bonchev–Trinajstić information content (AvgIpc) is 2.35. The van der Waals surface area contributed by atoms with E-state index in [0.717, 1.165) is 5.69 Å². The van der Waals surface area contributed by atoms with Crippen molar-refractivity contribution in [1.29, 1.82) is 0 Å². The number of anilines is 1. The lowest BCUT2D eigenvalue weighted by Crippen LogP contribution is -2.02. The van der Waals surface area contributed by atoms with Crippen LogP contribution in [0.2, 0.25) is 0 Å². The Labute approximate surface area is 115 Å². The quantitative estimate of drug-likeness (QED) is 0.857. The van der Waals surface area contributed by atoms with Crippen molar-refractivity contribution in [3.05, 3.63) is 63.4 Å². The van der Waals surface area contributed by atoms with Gasteiger partial charge in [-0.3, -0.25) is 0 Å². The summed E-state index contributed by atoms with van der Waals surface area (Å²) in [5, 5.41) is 3.24. The molecule has 0 aliphatic heterocycles. The number of hydrogen-bond donors (Lipinski definition) is 1. The van der Waals surface area contributed by atoms with Gasteiger partial charge in [-0.05, 0) is 64.7 Å². The fourth-order valence-electron chi connectivity index (χ4n) is 1.81. The molecule has 0 heterocycles. The third-order valence-corrected chi connectivity index (χ3v) is 3.76. The first kappa shape index (κ1) is 13.1. The maximum atomic E-state index is 13.4. The Morgan fingerprint density at radius 1 is 1.17 bits per heavy atom. The monoisotopic (exact) mass is 307 g/mol. The Kier molecular flexibility index (Phi) is 4.02. The molecule has 0 amide bonds. The third-order valence-electron chi connectivity index (χ3n) is 3.12. The number of benzene rings is 2. The highest BCUT2D eigenvalue weighted by Gasteiger charge is 2.03. The molecule has 2 rings (SSSR count). The number of aryl methyl sites for hydroxylation is 1. The zero-order chi connectivity index (χ0) is 13.1. The van der Waals surface area contributed by atoms with E-state index in [9.17, 15) is 4.39 Å². The van der Waals surface area contributed by atoms with Gasteiger partial charge in [-0.15, -0.1) is 0 Å². The molecule has 18 heavy (non-hydrogen) atoms. The molecule has 0 saturated carbocycles. The SMILES string of the molecule is Cc1cccc(CNc2ccc(Br)c(F)c2)c1C. The van der Waals surface area contributed by atoms with Gasteiger partial charge in [0.1, 0.15) is 5.82 Å². The van der Waals surface area contributed by atoms with E-state index in [-0.39, 0.29) is 5.82 Å². The highest BCUT2D eigenvalue weighted by Crippen LogP contribution is 2.20. The van der Waals surface area contributed by atoms with Crippen LogP contribution in [0.5, 0.6) is 0 Å². The van der Waals surface area contributed by atoms with Gasteiger partial charge >= 0.3 is 0 Å². The zero-order valence-electron chi connectivity index (χ0n) is 10.4. The molecule has 3 heteroatoms. The van der Waals surface area contributed by atoms with Crippen LogP contribution in [-0.2, 0) is 6.54 Å². The predicted octanol–water partition coefficient (Wildman–Crippen LogP) is 4.82. The molecule has 1 N–H and O–H groups in total. The highest BCUT2D eigenvalue weighted by molar-refractivity contribution is 9.10. The summed E-state index contributed by atoms with van der Waals surface area (Å²) in [6, 6.07) is 11.3. The summed E-state index contributed by atoms with van der Waals surface area (Å²) in [5.74, 6) is -0.249. The molecule has 1 nitrogen and oxygen atoms in total. The molecule has 0 aliphatic rings. The van der Waals surface area contributed by atoms with Gasteiger partial charge in [-0.2, -0.15) is 0 Å². The van der Waals surface area contributed by atoms with E-state index in [2.05, 4.69) is 47.2 Å². The number of nitrogens with one attached hydrogen (secondary N) is 1. The lowest BCUT2D eigenvalue weighted by molar-refractivity contribution is 0.621. The van der Waals surface area contributed by atoms with Gasteiger partial charge in [-0.1, -0.05) is 18.2 Å². The summed E-state index contributed by atoms with van der Waals surface area (Å²) in [5.41, 5.74) is 4.58. The van der Waals surface area contributed by atoms with E-state index in [0.29, 0.717) is 11.0 Å². The Morgan fingerprint density at radius 2 is 1.94 bits per heavy atom. The molecule has 0 atom stereocenters. The Bertz CT molecular complexity index is 566. The summed E-state index contributed by atoms with van der Waals surface area (Å²) in [6.45, 7) is 4.90. The number of hydrogen-bond acceptors (Lipinski definition) is 1. The highest BCUT2D eigenvalue weighted by atomic mass is 79.9. The molecule has 0 fully saturated rings. The van der Waals surface area contributed by atoms with Crippen molar-refractivity contribution in [2.75, 3.05) is 5.32 Å². The van der Waals surface area contributed by atoms with Gasteiger partial charge in [0.15, 0.2) is 0 Å². The minimum absolute atomic E-state index is 0.249. The van der Waals surface area contributed by atoms with E-state index in [1.807, 2.05) is 12.1 Å². The second-order valence-electron chi connectivity index (χ2n) is 4.34. The fourth-order valence-corrected chi connectivity index (χ4v) is 2.05. The van der Waals surface area contributed by atoms with Crippen molar-refractivity contribution in [3.63, 3.8) is 0 Å². The Balaban J connectivity index is 2.11. The lowest BCUT2D eigenvalue weighted by Gasteiger charge is -2.11. The first-order chi connectivity index (χ1) is 8.58. The molecule has 0 unspecified atom stereocenters. The van der Waals surface area contributed by atoms with E-state index < -0.39 is 0 Å². The molecule has 94 valence electrons. The van der Waals surface area contributed by atoms with Crippen LogP contribution in [0.3, 0.4) is 0 Å². The van der Waals surface area contributed by atoms with Crippen LogP contribution in [0.15, 0.2) is 40.9 Å². The molecule has 2 aromatic carbocycles. The largest absolute Gasteiger partial charge is 0.381 e. The summed E-state index contributed by atoms with van der Waals surface area (Å²) >= 11 is 3.14. The smallest absolute Gasteiger partial charge is 0.139 e. The molecular formula is C15H15BrFN. The van der Waals surface area contributed by atoms with Crippen molar-refractivity contribution in [2.45, 2.75) is 20.4 Å². The molecule has 0 aromatic heterocycles. The molecule has 0 bridgehead atoms. The van der Waals surface area contributed by atoms with Gasteiger partial charge in [-0.25, -0.2) is 4.39 Å². The standard InChI is InChI=1S/C15H15BrFN/c1-10-4-3-5-12(11(10)2)9-18-13-6-7-14(16)15(17)8-13/h3-8,18H,9H2,1-2H3. The van der Waals surface area contributed by atoms with Crippen LogP contribution in [0.1, 0.15) is 16.7 Å². The summed E-state index contributed by atoms with van der Waals surface area (Å²) < 4.78 is 13.8. The van der Waals surface area contributed by atoms with Gasteiger partial charge in [0, 0.05) is 12.2 Å². The molecule has 2 aromatic rings. The second kappa shape index (κ2) is 5.53. The van der Waals surface area contributed by atoms with E-state index in [1.54, 1.807) is 6.07 Å². The second-order valence-corrected chi connectivity index (χ2v) is 5.20. The third kappa shape index (κ3) is 2.91. The van der Waals surface area contributed by atoms with Crippen LogP contribution in [0.4, 0.5) is 10.1 Å². The first-order valence-electron chi connectivity index (χ1n) is 5.82. The van der Waals surface area contributed by atoms with Crippen molar-refractivity contribution >= 4 is 21.6 Å². The van der Waals surface area contributed by atoms with Crippen LogP contribution < -0.4 is 5.32 Å². The van der Waals surface area contributed by atoms with Crippen LogP contribution in [-0.4, -0.2) is 0 Å². The summed E-state index contributed by atoms with van der Waals surface area (Å²) in [4.78, 5) is 0. The topological polar surface area (TPSA) is 12.0 Å². The van der Waals surface area contributed by atoms with Gasteiger partial charge in [0.25, 0.3) is 0 Å². The number of rotatable bonds is 3. The van der Waals surface area contributed by atoms with E-state index >= 15 is 0 Å².